The topological polar surface area (TPSA) is 79.9 Å². The molecule has 0 fully saturated rings. The predicted molar refractivity (Wildman–Crippen MR) is 92.3 cm³/mol. The van der Waals surface area contributed by atoms with Crippen LogP contribution in [0, 0.1) is 0 Å². The van der Waals surface area contributed by atoms with Gasteiger partial charge >= 0.3 is 0 Å². The molecule has 1 amide bonds. The van der Waals surface area contributed by atoms with Crippen molar-refractivity contribution in [2.24, 2.45) is 0 Å². The maximum Gasteiger partial charge on any atom is 0.257 e. The molecule has 6 heteroatoms. The summed E-state index contributed by atoms with van der Waals surface area (Å²) in [5.74, 6) is 0.633. The number of para-hydroxylation sites is 1. The number of H-pyrrole nitrogens is 1. The average Bonchev–Trinajstić information content (AvgIpc) is 3.08. The third-order valence-corrected chi connectivity index (χ3v) is 3.83. The van der Waals surface area contributed by atoms with Crippen molar-refractivity contribution in [1.29, 1.82) is 0 Å². The summed E-state index contributed by atoms with van der Waals surface area (Å²) in [5.41, 5.74) is 2.12. The van der Waals surface area contributed by atoms with Crippen LogP contribution in [0.5, 0.6) is 5.88 Å². The third kappa shape index (κ3) is 2.44. The van der Waals surface area contributed by atoms with E-state index in [1.165, 1.54) is 7.11 Å². The summed E-state index contributed by atoms with van der Waals surface area (Å²) in [6.45, 7) is 0. The Labute approximate surface area is 137 Å². The number of benzene rings is 1. The maximum absolute atomic E-state index is 12.7. The van der Waals surface area contributed by atoms with Crippen LogP contribution in [0.4, 0.5) is 5.82 Å². The Morgan fingerprint density at radius 1 is 1.21 bits per heavy atom. The van der Waals surface area contributed by atoms with Crippen LogP contribution in [-0.2, 0) is 0 Å². The molecule has 1 aromatic carbocycles. The number of hydrogen-bond acceptors (Lipinski definition) is 4. The summed E-state index contributed by atoms with van der Waals surface area (Å²) < 4.78 is 5.20. The Morgan fingerprint density at radius 2 is 2.08 bits per heavy atom. The minimum atomic E-state index is -0.255. The lowest BCUT2D eigenvalue weighted by Crippen LogP contribution is -2.14. The zero-order valence-corrected chi connectivity index (χ0v) is 12.9. The van der Waals surface area contributed by atoms with Crippen LogP contribution < -0.4 is 10.1 Å². The van der Waals surface area contributed by atoms with E-state index >= 15 is 0 Å². The summed E-state index contributed by atoms with van der Waals surface area (Å²) in [7, 11) is 1.53. The minimum Gasteiger partial charge on any atom is -0.481 e. The molecule has 0 unspecified atom stereocenters. The SMILES string of the molecule is COc1cc(C(=O)Nc2cc3cc[nH]c3cn2)c2ccccc2n1. The smallest absolute Gasteiger partial charge is 0.257 e. The second-order valence-electron chi connectivity index (χ2n) is 5.32. The van der Waals surface area contributed by atoms with E-state index in [1.807, 2.05) is 42.6 Å². The molecule has 3 aromatic heterocycles. The fourth-order valence-corrected chi connectivity index (χ4v) is 2.65. The summed E-state index contributed by atoms with van der Waals surface area (Å²) >= 11 is 0. The number of carbonyl (C=O) groups excluding carboxylic acids is 1. The van der Waals surface area contributed by atoms with Gasteiger partial charge in [-0.1, -0.05) is 18.2 Å². The summed E-state index contributed by atoms with van der Waals surface area (Å²) in [6.07, 6.45) is 3.52. The van der Waals surface area contributed by atoms with Crippen molar-refractivity contribution in [2.45, 2.75) is 0 Å². The van der Waals surface area contributed by atoms with Crippen LogP contribution in [0.25, 0.3) is 21.8 Å². The number of nitrogens with zero attached hydrogens (tertiary/aromatic N) is 2. The van der Waals surface area contributed by atoms with Crippen molar-refractivity contribution in [2.75, 3.05) is 12.4 Å². The van der Waals surface area contributed by atoms with Gasteiger partial charge in [-0.05, 0) is 18.2 Å². The van der Waals surface area contributed by atoms with Gasteiger partial charge in [0.25, 0.3) is 5.91 Å². The molecule has 4 aromatic rings. The number of rotatable bonds is 3. The van der Waals surface area contributed by atoms with Gasteiger partial charge in [-0.15, -0.1) is 0 Å². The predicted octanol–water partition coefficient (Wildman–Crippen LogP) is 3.37. The number of aromatic amines is 1. The summed E-state index contributed by atoms with van der Waals surface area (Å²) in [4.78, 5) is 24.4. The Kier molecular flexibility index (Phi) is 3.35. The highest BCUT2D eigenvalue weighted by molar-refractivity contribution is 6.12. The summed E-state index contributed by atoms with van der Waals surface area (Å²) in [5, 5.41) is 4.58. The van der Waals surface area contributed by atoms with E-state index < -0.39 is 0 Å². The lowest BCUT2D eigenvalue weighted by Gasteiger charge is -2.09. The number of carbonyl (C=O) groups is 1. The summed E-state index contributed by atoms with van der Waals surface area (Å²) in [6, 6.07) is 12.8. The molecular formula is C18H14N4O2. The molecule has 0 radical (unpaired) electrons. The first-order valence-electron chi connectivity index (χ1n) is 7.43. The van der Waals surface area contributed by atoms with Gasteiger partial charge in [-0.3, -0.25) is 4.79 Å². The number of anilines is 1. The minimum absolute atomic E-state index is 0.255. The Bertz CT molecular complexity index is 1060. The van der Waals surface area contributed by atoms with Crippen molar-refractivity contribution >= 4 is 33.5 Å². The molecule has 0 bridgehead atoms. The molecule has 0 atom stereocenters. The second kappa shape index (κ2) is 5.66. The molecule has 3 heterocycles. The molecule has 0 saturated carbocycles. The monoisotopic (exact) mass is 318 g/mol. The van der Waals surface area contributed by atoms with E-state index in [0.717, 1.165) is 16.3 Å². The lowest BCUT2D eigenvalue weighted by molar-refractivity contribution is 0.102. The van der Waals surface area contributed by atoms with E-state index in [2.05, 4.69) is 20.3 Å². The van der Waals surface area contributed by atoms with Gasteiger partial charge in [0.05, 0.1) is 29.9 Å². The van der Waals surface area contributed by atoms with Crippen LogP contribution in [0.3, 0.4) is 0 Å². The zero-order chi connectivity index (χ0) is 16.5. The van der Waals surface area contributed by atoms with Crippen molar-refractivity contribution < 1.29 is 9.53 Å². The molecule has 118 valence electrons. The number of amides is 1. The average molecular weight is 318 g/mol. The van der Waals surface area contributed by atoms with Gasteiger partial charge in [0.1, 0.15) is 5.82 Å². The van der Waals surface area contributed by atoms with E-state index in [-0.39, 0.29) is 5.91 Å². The standard InChI is InChI=1S/C18H14N4O2/c1-24-17-9-13(12-4-2-3-5-14(12)21-17)18(23)22-16-8-11-6-7-19-15(11)10-20-16/h2-10,19H,1H3,(H,20,22,23). The zero-order valence-electron chi connectivity index (χ0n) is 12.9. The highest BCUT2D eigenvalue weighted by Gasteiger charge is 2.14. The molecule has 0 saturated heterocycles. The number of ether oxygens (including phenoxy) is 1. The number of nitrogens with one attached hydrogen (secondary N) is 2. The van der Waals surface area contributed by atoms with Crippen LogP contribution in [0.15, 0.2) is 54.9 Å². The van der Waals surface area contributed by atoms with Gasteiger partial charge in [0, 0.05) is 23.0 Å². The maximum atomic E-state index is 12.7. The third-order valence-electron chi connectivity index (χ3n) is 3.83. The Balaban J connectivity index is 1.74. The van der Waals surface area contributed by atoms with Crippen molar-refractivity contribution in [3.05, 3.63) is 60.4 Å². The quantitative estimate of drug-likeness (QED) is 0.607. The van der Waals surface area contributed by atoms with Gasteiger partial charge in [-0.25, -0.2) is 9.97 Å². The first kappa shape index (κ1) is 14.2. The molecule has 6 nitrogen and oxygen atoms in total. The molecule has 2 N–H and O–H groups in total. The van der Waals surface area contributed by atoms with Crippen LogP contribution in [0.2, 0.25) is 0 Å². The van der Waals surface area contributed by atoms with Crippen LogP contribution in [0.1, 0.15) is 10.4 Å². The first-order chi connectivity index (χ1) is 11.7. The number of hydrogen-bond donors (Lipinski definition) is 2. The largest absolute Gasteiger partial charge is 0.481 e. The van der Waals surface area contributed by atoms with Gasteiger partial charge in [-0.2, -0.15) is 0 Å². The normalized spacial score (nSPS) is 10.9. The van der Waals surface area contributed by atoms with Crippen molar-refractivity contribution in [3.8, 4) is 5.88 Å². The Hall–Kier alpha value is -3.41. The number of pyridine rings is 2. The van der Waals surface area contributed by atoms with Gasteiger partial charge in [0.2, 0.25) is 5.88 Å². The van der Waals surface area contributed by atoms with Crippen molar-refractivity contribution in [1.82, 2.24) is 15.0 Å². The second-order valence-corrected chi connectivity index (χ2v) is 5.32. The van der Waals surface area contributed by atoms with Crippen LogP contribution in [-0.4, -0.2) is 28.0 Å². The Morgan fingerprint density at radius 3 is 2.96 bits per heavy atom. The van der Waals surface area contributed by atoms with E-state index in [0.29, 0.717) is 22.8 Å². The van der Waals surface area contributed by atoms with E-state index in [1.54, 1.807) is 12.3 Å². The van der Waals surface area contributed by atoms with Crippen LogP contribution >= 0.6 is 0 Å². The van der Waals surface area contributed by atoms with E-state index in [9.17, 15) is 4.79 Å². The fourth-order valence-electron chi connectivity index (χ4n) is 2.65. The molecule has 0 aliphatic heterocycles. The van der Waals surface area contributed by atoms with E-state index in [4.69, 9.17) is 4.74 Å². The highest BCUT2D eigenvalue weighted by Crippen LogP contribution is 2.23. The molecule has 24 heavy (non-hydrogen) atoms. The fraction of sp³-hybridized carbons (Fsp3) is 0.0556. The van der Waals surface area contributed by atoms with Crippen molar-refractivity contribution in [3.63, 3.8) is 0 Å². The molecule has 0 aliphatic carbocycles. The number of aromatic nitrogens is 3. The highest BCUT2D eigenvalue weighted by atomic mass is 16.5. The molecule has 4 rings (SSSR count). The van der Waals surface area contributed by atoms with Gasteiger partial charge < -0.3 is 15.0 Å². The molecule has 0 aliphatic rings. The number of methoxy groups -OCH3 is 1. The first-order valence-corrected chi connectivity index (χ1v) is 7.43. The molecular weight excluding hydrogens is 304 g/mol. The lowest BCUT2D eigenvalue weighted by atomic mass is 10.1. The number of fused-ring (bicyclic) bond motifs is 2. The van der Waals surface area contributed by atoms with Gasteiger partial charge in [0.15, 0.2) is 0 Å². The molecule has 0 spiro atoms.